The van der Waals surface area contributed by atoms with Gasteiger partial charge in [-0.15, -0.1) is 11.6 Å². The minimum atomic E-state index is 0.144. The highest BCUT2D eigenvalue weighted by molar-refractivity contribution is 6.20. The van der Waals surface area contributed by atoms with E-state index in [0.29, 0.717) is 0 Å². The van der Waals surface area contributed by atoms with Crippen molar-refractivity contribution >= 4 is 22.7 Å². The number of fused-ring (bicyclic) bond motifs is 1. The highest BCUT2D eigenvalue weighted by Crippen LogP contribution is 2.29. The molecule has 0 aliphatic heterocycles. The van der Waals surface area contributed by atoms with Crippen LogP contribution in [-0.2, 0) is 6.42 Å². The molecule has 3 rings (SSSR count). The Morgan fingerprint density at radius 2 is 2.00 bits per heavy atom. The van der Waals surface area contributed by atoms with Gasteiger partial charge < -0.3 is 4.42 Å². The number of alkyl halides is 1. The standard InChI is InChI=1S/C17H22ClNO/c18-14(11-10-13-6-2-1-3-7-13)12-17-19-15-8-4-5-9-16(15)20-17/h4-5,8-9,13-14H,1-3,6-7,10-12H2. The molecule has 1 aromatic carbocycles. The molecule has 2 aromatic rings. The number of rotatable bonds is 5. The van der Waals surface area contributed by atoms with Crippen LogP contribution in [0.4, 0.5) is 0 Å². The molecule has 1 heterocycles. The molecular weight excluding hydrogens is 270 g/mol. The number of hydrogen-bond donors (Lipinski definition) is 0. The molecule has 0 bridgehead atoms. The SMILES string of the molecule is ClC(CCC1CCCCC1)Cc1nc2ccccc2o1. The third-order valence-electron chi connectivity index (χ3n) is 4.35. The third kappa shape index (κ3) is 3.54. The van der Waals surface area contributed by atoms with Gasteiger partial charge in [0, 0.05) is 11.8 Å². The molecule has 1 saturated carbocycles. The third-order valence-corrected chi connectivity index (χ3v) is 4.72. The molecule has 3 heteroatoms. The zero-order valence-corrected chi connectivity index (χ0v) is 12.6. The molecule has 1 atom stereocenters. The minimum Gasteiger partial charge on any atom is -0.441 e. The average Bonchev–Trinajstić information content (AvgIpc) is 2.88. The van der Waals surface area contributed by atoms with Gasteiger partial charge in [0.15, 0.2) is 11.5 Å². The lowest BCUT2D eigenvalue weighted by molar-refractivity contribution is 0.329. The largest absolute Gasteiger partial charge is 0.441 e. The molecule has 0 spiro atoms. The lowest BCUT2D eigenvalue weighted by atomic mass is 9.85. The van der Waals surface area contributed by atoms with Gasteiger partial charge in [0.25, 0.3) is 0 Å². The maximum atomic E-state index is 6.46. The Kier molecular flexibility index (Phi) is 4.62. The first-order valence-corrected chi connectivity index (χ1v) is 8.23. The number of nitrogens with zero attached hydrogens (tertiary/aromatic N) is 1. The molecule has 20 heavy (non-hydrogen) atoms. The van der Waals surface area contributed by atoms with E-state index >= 15 is 0 Å². The molecule has 1 unspecified atom stereocenters. The summed E-state index contributed by atoms with van der Waals surface area (Å²) in [6.07, 6.45) is 10.1. The summed E-state index contributed by atoms with van der Waals surface area (Å²) in [6.45, 7) is 0. The van der Waals surface area contributed by atoms with Crippen molar-refractivity contribution in [2.75, 3.05) is 0 Å². The van der Waals surface area contributed by atoms with Crippen molar-refractivity contribution in [3.05, 3.63) is 30.2 Å². The molecule has 1 aromatic heterocycles. The van der Waals surface area contributed by atoms with E-state index in [9.17, 15) is 0 Å². The van der Waals surface area contributed by atoms with Crippen LogP contribution in [0.2, 0.25) is 0 Å². The molecule has 0 N–H and O–H groups in total. The van der Waals surface area contributed by atoms with Crippen LogP contribution in [0, 0.1) is 5.92 Å². The average molecular weight is 292 g/mol. The Morgan fingerprint density at radius 3 is 2.80 bits per heavy atom. The second-order valence-corrected chi connectivity index (χ2v) is 6.58. The normalized spacial score (nSPS) is 18.4. The van der Waals surface area contributed by atoms with Crippen LogP contribution >= 0.6 is 11.6 Å². The summed E-state index contributed by atoms with van der Waals surface area (Å²) < 4.78 is 5.73. The predicted octanol–water partition coefficient (Wildman–Crippen LogP) is 5.34. The maximum absolute atomic E-state index is 6.46. The first kappa shape index (κ1) is 13.9. The summed E-state index contributed by atoms with van der Waals surface area (Å²) in [4.78, 5) is 4.50. The number of para-hydroxylation sites is 2. The molecule has 1 fully saturated rings. The summed E-state index contributed by atoms with van der Waals surface area (Å²) in [5, 5.41) is 0.144. The summed E-state index contributed by atoms with van der Waals surface area (Å²) in [6, 6.07) is 7.89. The van der Waals surface area contributed by atoms with E-state index in [2.05, 4.69) is 4.98 Å². The molecule has 0 saturated heterocycles. The van der Waals surface area contributed by atoms with Gasteiger partial charge in [0.2, 0.25) is 0 Å². The van der Waals surface area contributed by atoms with Gasteiger partial charge in [-0.2, -0.15) is 0 Å². The van der Waals surface area contributed by atoms with Crippen LogP contribution in [0.15, 0.2) is 28.7 Å². The van der Waals surface area contributed by atoms with Crippen LogP contribution in [0.5, 0.6) is 0 Å². The second kappa shape index (κ2) is 6.62. The highest BCUT2D eigenvalue weighted by atomic mass is 35.5. The van der Waals surface area contributed by atoms with Gasteiger partial charge in [-0.1, -0.05) is 44.2 Å². The predicted molar refractivity (Wildman–Crippen MR) is 83.2 cm³/mol. The highest BCUT2D eigenvalue weighted by Gasteiger charge is 2.17. The van der Waals surface area contributed by atoms with Crippen LogP contribution in [0.3, 0.4) is 0 Å². The fourth-order valence-electron chi connectivity index (χ4n) is 3.19. The topological polar surface area (TPSA) is 26.0 Å². The van der Waals surface area contributed by atoms with Gasteiger partial charge in [-0.25, -0.2) is 4.98 Å². The summed E-state index contributed by atoms with van der Waals surface area (Å²) in [5.41, 5.74) is 1.79. The molecule has 1 aliphatic carbocycles. The first-order valence-electron chi connectivity index (χ1n) is 7.80. The quantitative estimate of drug-likeness (QED) is 0.695. The Hall–Kier alpha value is -1.02. The van der Waals surface area contributed by atoms with Crippen molar-refractivity contribution in [2.24, 2.45) is 5.92 Å². The lowest BCUT2D eigenvalue weighted by Crippen LogP contribution is -2.10. The van der Waals surface area contributed by atoms with E-state index in [1.807, 2.05) is 24.3 Å². The number of benzene rings is 1. The molecule has 2 nitrogen and oxygen atoms in total. The van der Waals surface area contributed by atoms with E-state index in [1.165, 1.54) is 38.5 Å². The van der Waals surface area contributed by atoms with Gasteiger partial charge in [0.1, 0.15) is 5.52 Å². The number of oxazole rings is 1. The summed E-state index contributed by atoms with van der Waals surface area (Å²) in [7, 11) is 0. The Bertz CT molecular complexity index is 512. The first-order chi connectivity index (χ1) is 9.81. The Balaban J connectivity index is 1.51. The molecular formula is C17H22ClNO. The number of aromatic nitrogens is 1. The van der Waals surface area contributed by atoms with E-state index in [4.69, 9.17) is 16.0 Å². The van der Waals surface area contributed by atoms with Crippen molar-refractivity contribution in [3.63, 3.8) is 0 Å². The van der Waals surface area contributed by atoms with Crippen molar-refractivity contribution in [1.29, 1.82) is 0 Å². The second-order valence-electron chi connectivity index (χ2n) is 5.96. The zero-order chi connectivity index (χ0) is 13.8. The smallest absolute Gasteiger partial charge is 0.196 e. The van der Waals surface area contributed by atoms with Crippen LogP contribution in [0.1, 0.15) is 50.8 Å². The van der Waals surface area contributed by atoms with Crippen LogP contribution in [-0.4, -0.2) is 10.4 Å². The molecule has 0 amide bonds. The fraction of sp³-hybridized carbons (Fsp3) is 0.588. The van der Waals surface area contributed by atoms with E-state index < -0.39 is 0 Å². The van der Waals surface area contributed by atoms with Crippen molar-refractivity contribution < 1.29 is 4.42 Å². The molecule has 108 valence electrons. The fourth-order valence-corrected chi connectivity index (χ4v) is 3.45. The van der Waals surface area contributed by atoms with Crippen molar-refractivity contribution in [2.45, 2.75) is 56.7 Å². The van der Waals surface area contributed by atoms with E-state index in [-0.39, 0.29) is 5.38 Å². The minimum absolute atomic E-state index is 0.144. The number of halogens is 1. The molecule has 0 radical (unpaired) electrons. The zero-order valence-electron chi connectivity index (χ0n) is 11.9. The van der Waals surface area contributed by atoms with Crippen LogP contribution in [0.25, 0.3) is 11.1 Å². The Labute approximate surface area is 125 Å². The van der Waals surface area contributed by atoms with Gasteiger partial charge in [0.05, 0.1) is 0 Å². The lowest BCUT2D eigenvalue weighted by Gasteiger charge is -2.22. The van der Waals surface area contributed by atoms with Gasteiger partial charge in [-0.3, -0.25) is 0 Å². The molecule has 1 aliphatic rings. The van der Waals surface area contributed by atoms with Crippen LogP contribution < -0.4 is 0 Å². The van der Waals surface area contributed by atoms with Gasteiger partial charge in [-0.05, 0) is 30.9 Å². The Morgan fingerprint density at radius 1 is 1.20 bits per heavy atom. The summed E-state index contributed by atoms with van der Waals surface area (Å²) >= 11 is 6.46. The monoisotopic (exact) mass is 291 g/mol. The maximum Gasteiger partial charge on any atom is 0.196 e. The van der Waals surface area contributed by atoms with E-state index in [1.54, 1.807) is 0 Å². The number of hydrogen-bond acceptors (Lipinski definition) is 2. The van der Waals surface area contributed by atoms with Crippen molar-refractivity contribution in [3.8, 4) is 0 Å². The van der Waals surface area contributed by atoms with Gasteiger partial charge >= 0.3 is 0 Å². The summed E-state index contributed by atoms with van der Waals surface area (Å²) in [5.74, 6) is 1.67. The van der Waals surface area contributed by atoms with Crippen molar-refractivity contribution in [1.82, 2.24) is 4.98 Å². The van der Waals surface area contributed by atoms with E-state index in [0.717, 1.165) is 35.7 Å².